The van der Waals surface area contributed by atoms with E-state index in [-0.39, 0.29) is 5.92 Å². The Kier molecular flexibility index (Phi) is 4.08. The summed E-state index contributed by atoms with van der Waals surface area (Å²) in [5.41, 5.74) is 0.643. The van der Waals surface area contributed by atoms with Gasteiger partial charge in [-0.25, -0.2) is 14.8 Å². The van der Waals surface area contributed by atoms with Gasteiger partial charge in [-0.1, -0.05) is 25.2 Å². The molecule has 0 saturated heterocycles. The van der Waals surface area contributed by atoms with Crippen molar-refractivity contribution in [2.45, 2.75) is 26.3 Å². The zero-order chi connectivity index (χ0) is 14.9. The molecule has 0 amide bonds. The van der Waals surface area contributed by atoms with Gasteiger partial charge in [-0.05, 0) is 5.92 Å². The molecule has 2 aromatic rings. The predicted molar refractivity (Wildman–Crippen MR) is 78.5 cm³/mol. The van der Waals surface area contributed by atoms with E-state index in [4.69, 9.17) is 0 Å². The van der Waals surface area contributed by atoms with E-state index in [0.717, 1.165) is 5.82 Å². The standard InChI is InChI=1S/C13H18N4O2S/c1-8(2)10-11(12(18)19)20-13(15-10)17(4)7-9-14-5-6-16(9)3/h5-6,8H,7H2,1-4H3,(H,18,19). The molecular formula is C13H18N4O2S. The van der Waals surface area contributed by atoms with E-state index in [0.29, 0.717) is 22.2 Å². The minimum atomic E-state index is -0.914. The molecule has 6 nitrogen and oxygen atoms in total. The Morgan fingerprint density at radius 3 is 2.70 bits per heavy atom. The van der Waals surface area contributed by atoms with Crippen LogP contribution in [0.4, 0.5) is 5.13 Å². The molecule has 0 saturated carbocycles. The van der Waals surface area contributed by atoms with Crippen LogP contribution in [0.3, 0.4) is 0 Å². The molecule has 2 heterocycles. The average Bonchev–Trinajstić information content (AvgIpc) is 2.96. The zero-order valence-corrected chi connectivity index (χ0v) is 12.8. The lowest BCUT2D eigenvalue weighted by Gasteiger charge is -2.15. The van der Waals surface area contributed by atoms with Gasteiger partial charge in [0.25, 0.3) is 0 Å². The molecule has 2 aromatic heterocycles. The molecule has 7 heteroatoms. The molecule has 20 heavy (non-hydrogen) atoms. The molecule has 0 radical (unpaired) electrons. The quantitative estimate of drug-likeness (QED) is 0.916. The van der Waals surface area contributed by atoms with Crippen molar-refractivity contribution in [1.82, 2.24) is 14.5 Å². The molecule has 0 unspecified atom stereocenters. The lowest BCUT2D eigenvalue weighted by molar-refractivity contribution is 0.0700. The summed E-state index contributed by atoms with van der Waals surface area (Å²) in [6.45, 7) is 4.49. The average molecular weight is 294 g/mol. The van der Waals surface area contributed by atoms with Gasteiger partial charge in [0.2, 0.25) is 0 Å². The lowest BCUT2D eigenvalue weighted by Crippen LogP contribution is -2.18. The van der Waals surface area contributed by atoms with Crippen molar-refractivity contribution in [2.24, 2.45) is 7.05 Å². The molecule has 0 bridgehead atoms. The fraction of sp³-hybridized carbons (Fsp3) is 0.462. The van der Waals surface area contributed by atoms with Crippen LogP contribution < -0.4 is 4.90 Å². The Morgan fingerprint density at radius 2 is 2.25 bits per heavy atom. The maximum atomic E-state index is 11.3. The first-order valence-corrected chi connectivity index (χ1v) is 7.13. The highest BCUT2D eigenvalue weighted by Gasteiger charge is 2.21. The van der Waals surface area contributed by atoms with Crippen molar-refractivity contribution in [3.05, 3.63) is 28.8 Å². The zero-order valence-electron chi connectivity index (χ0n) is 12.0. The minimum absolute atomic E-state index is 0.0904. The molecule has 0 aliphatic heterocycles. The predicted octanol–water partition coefficient (Wildman–Crippen LogP) is 2.33. The third-order valence-corrected chi connectivity index (χ3v) is 4.18. The van der Waals surface area contributed by atoms with Gasteiger partial charge in [0.05, 0.1) is 12.2 Å². The van der Waals surface area contributed by atoms with Gasteiger partial charge in [-0.2, -0.15) is 0 Å². The number of hydrogen-bond acceptors (Lipinski definition) is 5. The maximum absolute atomic E-state index is 11.3. The molecule has 108 valence electrons. The Bertz CT molecular complexity index is 618. The number of aromatic nitrogens is 3. The first kappa shape index (κ1) is 14.5. The van der Waals surface area contributed by atoms with Gasteiger partial charge >= 0.3 is 5.97 Å². The molecule has 0 atom stereocenters. The second-order valence-electron chi connectivity index (χ2n) is 4.98. The summed E-state index contributed by atoms with van der Waals surface area (Å²) < 4.78 is 1.94. The summed E-state index contributed by atoms with van der Waals surface area (Å²) in [5, 5.41) is 9.95. The van der Waals surface area contributed by atoms with Crippen molar-refractivity contribution in [3.8, 4) is 0 Å². The largest absolute Gasteiger partial charge is 0.477 e. The van der Waals surface area contributed by atoms with E-state index in [1.54, 1.807) is 6.20 Å². The van der Waals surface area contributed by atoms with Crippen molar-refractivity contribution < 1.29 is 9.90 Å². The van der Waals surface area contributed by atoms with Gasteiger partial charge < -0.3 is 14.6 Å². The highest BCUT2D eigenvalue weighted by molar-refractivity contribution is 7.17. The monoisotopic (exact) mass is 294 g/mol. The number of carboxylic acids is 1. The van der Waals surface area contributed by atoms with Crippen LogP contribution in [0.25, 0.3) is 0 Å². The number of aryl methyl sites for hydroxylation is 1. The number of thiazole rings is 1. The Balaban J connectivity index is 2.26. The summed E-state index contributed by atoms with van der Waals surface area (Å²) >= 11 is 1.21. The second kappa shape index (κ2) is 5.62. The Labute approximate surface area is 121 Å². The van der Waals surface area contributed by atoms with Gasteiger partial charge in [0.1, 0.15) is 10.7 Å². The first-order chi connectivity index (χ1) is 9.40. The molecule has 0 aromatic carbocycles. The SMILES string of the molecule is CC(C)c1nc(N(C)Cc2nccn2C)sc1C(=O)O. The third kappa shape index (κ3) is 2.82. The number of imidazole rings is 1. The minimum Gasteiger partial charge on any atom is -0.477 e. The lowest BCUT2D eigenvalue weighted by atomic mass is 10.1. The van der Waals surface area contributed by atoms with Crippen LogP contribution in [0, 0.1) is 0 Å². The molecule has 0 fully saturated rings. The van der Waals surface area contributed by atoms with Crippen LogP contribution in [-0.2, 0) is 13.6 Å². The first-order valence-electron chi connectivity index (χ1n) is 6.31. The van der Waals surface area contributed by atoms with E-state index in [9.17, 15) is 9.90 Å². The Hall–Kier alpha value is -1.89. The summed E-state index contributed by atoms with van der Waals surface area (Å²) in [4.78, 5) is 22.2. The second-order valence-corrected chi connectivity index (χ2v) is 5.96. The molecule has 0 aliphatic rings. The van der Waals surface area contributed by atoms with Crippen LogP contribution in [0.15, 0.2) is 12.4 Å². The molecular weight excluding hydrogens is 276 g/mol. The van der Waals surface area contributed by atoms with Crippen LogP contribution in [0.2, 0.25) is 0 Å². The number of rotatable bonds is 5. The summed E-state index contributed by atoms with van der Waals surface area (Å²) in [5.74, 6) is 0.0844. The van der Waals surface area contributed by atoms with Gasteiger partial charge in [0, 0.05) is 26.5 Å². The fourth-order valence-corrected chi connectivity index (χ4v) is 2.88. The van der Waals surface area contributed by atoms with Gasteiger partial charge in [0.15, 0.2) is 5.13 Å². The summed E-state index contributed by atoms with van der Waals surface area (Å²) in [6.07, 6.45) is 3.63. The third-order valence-electron chi connectivity index (χ3n) is 3.01. The van der Waals surface area contributed by atoms with Crippen LogP contribution >= 0.6 is 11.3 Å². The van der Waals surface area contributed by atoms with Crippen molar-refractivity contribution in [1.29, 1.82) is 0 Å². The smallest absolute Gasteiger partial charge is 0.347 e. The summed E-state index contributed by atoms with van der Waals surface area (Å²) in [6, 6.07) is 0. The molecule has 1 N–H and O–H groups in total. The highest BCUT2D eigenvalue weighted by atomic mass is 32.1. The highest BCUT2D eigenvalue weighted by Crippen LogP contribution is 2.30. The number of carbonyl (C=O) groups is 1. The van der Waals surface area contributed by atoms with E-state index in [2.05, 4.69) is 9.97 Å². The van der Waals surface area contributed by atoms with E-state index >= 15 is 0 Å². The van der Waals surface area contributed by atoms with E-state index in [1.807, 2.05) is 43.6 Å². The van der Waals surface area contributed by atoms with Crippen LogP contribution in [-0.4, -0.2) is 32.7 Å². The van der Waals surface area contributed by atoms with E-state index in [1.165, 1.54) is 11.3 Å². The topological polar surface area (TPSA) is 71.2 Å². The fourth-order valence-electron chi connectivity index (χ4n) is 1.86. The number of anilines is 1. The number of aromatic carboxylic acids is 1. The van der Waals surface area contributed by atoms with Crippen molar-refractivity contribution in [2.75, 3.05) is 11.9 Å². The summed E-state index contributed by atoms with van der Waals surface area (Å²) in [7, 11) is 3.82. The van der Waals surface area contributed by atoms with Crippen molar-refractivity contribution >= 4 is 22.4 Å². The van der Waals surface area contributed by atoms with Gasteiger partial charge in [-0.15, -0.1) is 0 Å². The number of carboxylic acid groups (broad SMARTS) is 1. The number of hydrogen-bond donors (Lipinski definition) is 1. The van der Waals surface area contributed by atoms with Crippen LogP contribution in [0.1, 0.15) is 41.0 Å². The molecule has 0 aliphatic carbocycles. The maximum Gasteiger partial charge on any atom is 0.347 e. The molecule has 0 spiro atoms. The van der Waals surface area contributed by atoms with E-state index < -0.39 is 5.97 Å². The molecule has 2 rings (SSSR count). The Morgan fingerprint density at radius 1 is 1.55 bits per heavy atom. The number of nitrogens with zero attached hydrogens (tertiary/aromatic N) is 4. The van der Waals surface area contributed by atoms with Crippen LogP contribution in [0.5, 0.6) is 0 Å². The van der Waals surface area contributed by atoms with Crippen molar-refractivity contribution in [3.63, 3.8) is 0 Å². The normalized spacial score (nSPS) is 11.1. The van der Waals surface area contributed by atoms with Gasteiger partial charge in [-0.3, -0.25) is 0 Å².